The Labute approximate surface area is 161 Å². The normalized spacial score (nSPS) is 17.3. The lowest BCUT2D eigenvalue weighted by molar-refractivity contribution is 0.0937. The van der Waals surface area contributed by atoms with Crippen LogP contribution in [0.2, 0.25) is 0 Å². The van der Waals surface area contributed by atoms with Gasteiger partial charge < -0.3 is 14.8 Å². The summed E-state index contributed by atoms with van der Waals surface area (Å²) in [5.41, 5.74) is 1.79. The number of halogens is 1. The monoisotopic (exact) mass is 416 g/mol. The Hall–Kier alpha value is -2.05. The number of hydrogen-bond acceptors (Lipinski definition) is 4. The van der Waals surface area contributed by atoms with Crippen molar-refractivity contribution in [2.75, 3.05) is 26.4 Å². The number of rotatable bonds is 5. The third kappa shape index (κ3) is 3.57. The molecule has 2 aromatic carbocycles. The first-order valence-electron chi connectivity index (χ1n) is 8.89. The first-order valence-corrected chi connectivity index (χ1v) is 9.68. The van der Waals surface area contributed by atoms with Crippen molar-refractivity contribution >= 4 is 21.8 Å². The second-order valence-corrected chi connectivity index (χ2v) is 7.42. The first-order chi connectivity index (χ1) is 12.7. The molecule has 0 unspecified atom stereocenters. The smallest absolute Gasteiger partial charge is 0.252 e. The number of amides is 1. The molecule has 0 bridgehead atoms. The molecule has 1 saturated heterocycles. The van der Waals surface area contributed by atoms with Crippen molar-refractivity contribution in [1.82, 2.24) is 10.2 Å². The summed E-state index contributed by atoms with van der Waals surface area (Å²) in [7, 11) is 0. The highest BCUT2D eigenvalue weighted by Gasteiger charge is 2.26. The fourth-order valence-electron chi connectivity index (χ4n) is 3.56. The number of likely N-dealkylation sites (tertiary alicyclic amines) is 1. The molecule has 1 amide bonds. The molecule has 0 aromatic heterocycles. The third-order valence-corrected chi connectivity index (χ3v) is 5.63. The minimum absolute atomic E-state index is 0.0672. The molecule has 5 nitrogen and oxygen atoms in total. The highest BCUT2D eigenvalue weighted by Crippen LogP contribution is 2.36. The zero-order valence-corrected chi connectivity index (χ0v) is 16.0. The molecule has 26 heavy (non-hydrogen) atoms. The summed E-state index contributed by atoms with van der Waals surface area (Å²) in [5.74, 6) is 1.50. The summed E-state index contributed by atoms with van der Waals surface area (Å²) in [6, 6.07) is 13.7. The summed E-state index contributed by atoms with van der Waals surface area (Å²) in [6.45, 7) is 2.92. The highest BCUT2D eigenvalue weighted by molar-refractivity contribution is 9.10. The maximum atomic E-state index is 12.6. The summed E-state index contributed by atoms with van der Waals surface area (Å²) in [5, 5.41) is 3.10. The van der Waals surface area contributed by atoms with Crippen molar-refractivity contribution in [2.45, 2.75) is 18.9 Å². The molecule has 4 rings (SSSR count). The Kier molecular flexibility index (Phi) is 5.13. The lowest BCUT2D eigenvalue weighted by atomic mass is 10.0. The first kappa shape index (κ1) is 17.4. The molecule has 0 spiro atoms. The summed E-state index contributed by atoms with van der Waals surface area (Å²) >= 11 is 3.45. The van der Waals surface area contributed by atoms with Gasteiger partial charge in [0.05, 0.1) is 11.6 Å². The average Bonchev–Trinajstić information content (AvgIpc) is 3.33. The zero-order valence-electron chi connectivity index (χ0n) is 14.4. The van der Waals surface area contributed by atoms with Gasteiger partial charge >= 0.3 is 0 Å². The number of fused-ring (bicyclic) bond motifs is 1. The maximum Gasteiger partial charge on any atom is 0.252 e. The van der Waals surface area contributed by atoms with Gasteiger partial charge in [0, 0.05) is 11.0 Å². The van der Waals surface area contributed by atoms with Gasteiger partial charge in [0.1, 0.15) is 0 Å². The van der Waals surface area contributed by atoms with Gasteiger partial charge in [-0.3, -0.25) is 9.69 Å². The molecule has 1 fully saturated rings. The predicted octanol–water partition coefficient (Wildman–Crippen LogP) is 3.74. The van der Waals surface area contributed by atoms with Crippen molar-refractivity contribution in [3.05, 3.63) is 58.1 Å². The molecule has 2 aliphatic rings. The summed E-state index contributed by atoms with van der Waals surface area (Å²) < 4.78 is 11.7. The van der Waals surface area contributed by atoms with Crippen LogP contribution in [0.4, 0.5) is 0 Å². The molecule has 0 saturated carbocycles. The molecule has 1 atom stereocenters. The van der Waals surface area contributed by atoms with Crippen LogP contribution in [0.3, 0.4) is 0 Å². The van der Waals surface area contributed by atoms with E-state index in [-0.39, 0.29) is 18.7 Å². The van der Waals surface area contributed by atoms with E-state index >= 15 is 0 Å². The Balaban J connectivity index is 1.52. The van der Waals surface area contributed by atoms with Gasteiger partial charge in [-0.15, -0.1) is 0 Å². The molecule has 0 radical (unpaired) electrons. The molecule has 6 heteroatoms. The zero-order chi connectivity index (χ0) is 17.9. The second-order valence-electron chi connectivity index (χ2n) is 6.56. The van der Waals surface area contributed by atoms with Crippen molar-refractivity contribution in [3.8, 4) is 11.5 Å². The van der Waals surface area contributed by atoms with Crippen LogP contribution in [0.15, 0.2) is 46.9 Å². The minimum Gasteiger partial charge on any atom is -0.454 e. The molecule has 2 aromatic rings. The number of ether oxygens (including phenoxy) is 2. The molecule has 136 valence electrons. The van der Waals surface area contributed by atoms with Crippen LogP contribution >= 0.6 is 15.9 Å². The van der Waals surface area contributed by atoms with Crippen molar-refractivity contribution in [3.63, 3.8) is 0 Å². The van der Waals surface area contributed by atoms with Crippen LogP contribution in [-0.4, -0.2) is 37.2 Å². The van der Waals surface area contributed by atoms with E-state index in [4.69, 9.17) is 9.47 Å². The number of nitrogens with zero attached hydrogens (tertiary/aromatic N) is 1. The van der Waals surface area contributed by atoms with Crippen LogP contribution < -0.4 is 14.8 Å². The third-order valence-electron chi connectivity index (χ3n) is 4.94. The van der Waals surface area contributed by atoms with E-state index in [1.165, 1.54) is 12.8 Å². The van der Waals surface area contributed by atoms with Gasteiger partial charge in [0.15, 0.2) is 11.5 Å². The molecular formula is C20H21BrN2O3. The Morgan fingerprint density at radius 3 is 2.69 bits per heavy atom. The second kappa shape index (κ2) is 7.68. The van der Waals surface area contributed by atoms with Gasteiger partial charge in [0.2, 0.25) is 6.79 Å². The van der Waals surface area contributed by atoms with Gasteiger partial charge in [-0.05, 0) is 71.7 Å². The van der Waals surface area contributed by atoms with Crippen LogP contribution in [0.1, 0.15) is 34.8 Å². The molecule has 2 aliphatic heterocycles. The van der Waals surface area contributed by atoms with Gasteiger partial charge in [-0.2, -0.15) is 0 Å². The number of benzene rings is 2. The van der Waals surface area contributed by atoms with E-state index in [9.17, 15) is 4.79 Å². The van der Waals surface area contributed by atoms with Gasteiger partial charge in [-0.1, -0.05) is 18.2 Å². The fourth-order valence-corrected chi connectivity index (χ4v) is 4.03. The lowest BCUT2D eigenvalue weighted by Crippen LogP contribution is -2.36. The standard InChI is InChI=1S/C20H21BrN2O3/c21-16-6-2-1-5-15(16)20(24)22-12-17(23-9-3-4-10-23)14-7-8-18-19(11-14)26-13-25-18/h1-2,5-8,11,17H,3-4,9-10,12-13H2,(H,22,24)/t17-/m1/s1. The number of nitrogens with one attached hydrogen (secondary N) is 1. The Bertz CT molecular complexity index is 805. The number of hydrogen-bond donors (Lipinski definition) is 1. The van der Waals surface area contributed by atoms with E-state index in [2.05, 4.69) is 32.2 Å². The molecule has 1 N–H and O–H groups in total. The van der Waals surface area contributed by atoms with E-state index in [1.807, 2.05) is 36.4 Å². The van der Waals surface area contributed by atoms with Crippen LogP contribution in [-0.2, 0) is 0 Å². The van der Waals surface area contributed by atoms with Gasteiger partial charge in [-0.25, -0.2) is 0 Å². The quantitative estimate of drug-likeness (QED) is 0.806. The maximum absolute atomic E-state index is 12.6. The molecule has 0 aliphatic carbocycles. The van der Waals surface area contributed by atoms with Crippen LogP contribution in [0, 0.1) is 0 Å². The summed E-state index contributed by atoms with van der Waals surface area (Å²) in [4.78, 5) is 15.0. The Morgan fingerprint density at radius 2 is 1.88 bits per heavy atom. The van der Waals surface area contributed by atoms with Gasteiger partial charge in [0.25, 0.3) is 5.91 Å². The average molecular weight is 417 g/mol. The number of carbonyl (C=O) groups excluding carboxylic acids is 1. The predicted molar refractivity (Wildman–Crippen MR) is 103 cm³/mol. The van der Waals surface area contributed by atoms with Crippen LogP contribution in [0.5, 0.6) is 11.5 Å². The Morgan fingerprint density at radius 1 is 1.12 bits per heavy atom. The largest absolute Gasteiger partial charge is 0.454 e. The van der Waals surface area contributed by atoms with Crippen LogP contribution in [0.25, 0.3) is 0 Å². The van der Waals surface area contributed by atoms with E-state index in [1.54, 1.807) is 0 Å². The van der Waals surface area contributed by atoms with E-state index in [0.717, 1.165) is 34.6 Å². The number of carbonyl (C=O) groups is 1. The van der Waals surface area contributed by atoms with E-state index in [0.29, 0.717) is 12.1 Å². The molecule has 2 heterocycles. The minimum atomic E-state index is -0.0672. The van der Waals surface area contributed by atoms with Crippen molar-refractivity contribution in [1.29, 1.82) is 0 Å². The van der Waals surface area contributed by atoms with Crippen molar-refractivity contribution in [2.24, 2.45) is 0 Å². The lowest BCUT2D eigenvalue weighted by Gasteiger charge is -2.28. The van der Waals surface area contributed by atoms with Crippen molar-refractivity contribution < 1.29 is 14.3 Å². The van der Waals surface area contributed by atoms with E-state index < -0.39 is 0 Å². The topological polar surface area (TPSA) is 50.8 Å². The molecular weight excluding hydrogens is 396 g/mol. The SMILES string of the molecule is O=C(NC[C@H](c1ccc2c(c1)OCO2)N1CCCC1)c1ccccc1Br. The highest BCUT2D eigenvalue weighted by atomic mass is 79.9. The summed E-state index contributed by atoms with van der Waals surface area (Å²) in [6.07, 6.45) is 2.39. The fraction of sp³-hybridized carbons (Fsp3) is 0.350.